The van der Waals surface area contributed by atoms with Crippen molar-refractivity contribution in [1.29, 1.82) is 0 Å². The van der Waals surface area contributed by atoms with E-state index in [0.29, 0.717) is 6.10 Å². The minimum Gasteiger partial charge on any atom is -0.496 e. The number of ether oxygens (including phenoxy) is 2. The monoisotopic (exact) mass is 234 g/mol. The van der Waals surface area contributed by atoms with Crippen molar-refractivity contribution in [2.75, 3.05) is 14.2 Å². The van der Waals surface area contributed by atoms with Crippen molar-refractivity contribution in [2.45, 2.75) is 32.8 Å². The van der Waals surface area contributed by atoms with Crippen LogP contribution in [0.15, 0.2) is 24.3 Å². The van der Waals surface area contributed by atoms with E-state index in [0.717, 1.165) is 24.2 Å². The van der Waals surface area contributed by atoms with Gasteiger partial charge in [0, 0.05) is 12.7 Å². The minimum absolute atomic E-state index is 0.319. The lowest BCUT2D eigenvalue weighted by Gasteiger charge is -2.07. The van der Waals surface area contributed by atoms with E-state index in [1.54, 1.807) is 14.2 Å². The summed E-state index contributed by atoms with van der Waals surface area (Å²) < 4.78 is 10.5. The van der Waals surface area contributed by atoms with Crippen LogP contribution in [0.5, 0.6) is 5.75 Å². The highest BCUT2D eigenvalue weighted by molar-refractivity contribution is 5.58. The molecule has 0 saturated carbocycles. The highest BCUT2D eigenvalue weighted by atomic mass is 16.5. The predicted octanol–water partition coefficient (Wildman–Crippen LogP) is 3.83. The van der Waals surface area contributed by atoms with Crippen LogP contribution in [0.4, 0.5) is 0 Å². The number of rotatable bonds is 6. The van der Waals surface area contributed by atoms with Gasteiger partial charge in [-0.1, -0.05) is 23.8 Å². The van der Waals surface area contributed by atoms with Crippen molar-refractivity contribution < 1.29 is 9.47 Å². The Kier molecular flexibility index (Phi) is 5.78. The second-order valence-electron chi connectivity index (χ2n) is 4.27. The zero-order chi connectivity index (χ0) is 12.7. The molecule has 0 bridgehead atoms. The van der Waals surface area contributed by atoms with E-state index >= 15 is 0 Å². The molecule has 0 saturated heterocycles. The predicted molar refractivity (Wildman–Crippen MR) is 72.5 cm³/mol. The molecule has 0 radical (unpaired) electrons. The third kappa shape index (κ3) is 4.61. The van der Waals surface area contributed by atoms with E-state index in [1.165, 1.54) is 5.56 Å². The highest BCUT2D eigenvalue weighted by Gasteiger charge is 1.99. The summed E-state index contributed by atoms with van der Waals surface area (Å²) in [5, 5.41) is 0. The van der Waals surface area contributed by atoms with Gasteiger partial charge in [0.1, 0.15) is 5.75 Å². The summed E-state index contributed by atoms with van der Waals surface area (Å²) in [7, 11) is 3.45. The molecule has 0 fully saturated rings. The lowest BCUT2D eigenvalue weighted by atomic mass is 10.1. The molecular weight excluding hydrogens is 212 g/mol. The Hall–Kier alpha value is -1.28. The molecule has 1 aromatic rings. The molecule has 94 valence electrons. The van der Waals surface area contributed by atoms with Gasteiger partial charge in [0.05, 0.1) is 13.2 Å². The smallest absolute Gasteiger partial charge is 0.126 e. The molecule has 0 spiro atoms. The molecule has 1 atom stereocenters. The molecule has 17 heavy (non-hydrogen) atoms. The number of aryl methyl sites for hydroxylation is 1. The van der Waals surface area contributed by atoms with E-state index in [4.69, 9.17) is 9.47 Å². The SMILES string of the molecule is COc1ccc(C)cc1/C=C/CCC(C)OC. The molecule has 0 aromatic heterocycles. The molecule has 1 aromatic carbocycles. The fourth-order valence-corrected chi connectivity index (χ4v) is 1.64. The van der Waals surface area contributed by atoms with Crippen molar-refractivity contribution in [3.63, 3.8) is 0 Å². The second-order valence-corrected chi connectivity index (χ2v) is 4.27. The van der Waals surface area contributed by atoms with Crippen LogP contribution in [0.1, 0.15) is 30.9 Å². The minimum atomic E-state index is 0.319. The van der Waals surface area contributed by atoms with Gasteiger partial charge >= 0.3 is 0 Å². The first-order valence-electron chi connectivity index (χ1n) is 6.01. The Morgan fingerprint density at radius 1 is 1.29 bits per heavy atom. The normalized spacial score (nSPS) is 12.9. The average Bonchev–Trinajstić information content (AvgIpc) is 2.34. The van der Waals surface area contributed by atoms with E-state index < -0.39 is 0 Å². The quantitative estimate of drug-likeness (QED) is 0.744. The van der Waals surface area contributed by atoms with Crippen LogP contribution in [0.3, 0.4) is 0 Å². The maximum Gasteiger partial charge on any atom is 0.126 e. The number of hydrogen-bond acceptors (Lipinski definition) is 2. The Bertz CT molecular complexity index is 369. The van der Waals surface area contributed by atoms with E-state index in [9.17, 15) is 0 Å². The van der Waals surface area contributed by atoms with Crippen molar-refractivity contribution in [1.82, 2.24) is 0 Å². The molecular formula is C15H22O2. The third-order valence-electron chi connectivity index (χ3n) is 2.82. The van der Waals surface area contributed by atoms with Crippen LogP contribution in [0.2, 0.25) is 0 Å². The Labute approximate surface area is 104 Å². The van der Waals surface area contributed by atoms with Crippen LogP contribution in [-0.4, -0.2) is 20.3 Å². The number of benzene rings is 1. The van der Waals surface area contributed by atoms with Gasteiger partial charge in [0.2, 0.25) is 0 Å². The van der Waals surface area contributed by atoms with Gasteiger partial charge in [-0.2, -0.15) is 0 Å². The molecule has 0 aliphatic carbocycles. The van der Waals surface area contributed by atoms with Gasteiger partial charge in [0.15, 0.2) is 0 Å². The van der Waals surface area contributed by atoms with Crippen molar-refractivity contribution >= 4 is 6.08 Å². The van der Waals surface area contributed by atoms with Crippen molar-refractivity contribution in [3.8, 4) is 5.75 Å². The van der Waals surface area contributed by atoms with Gasteiger partial charge in [-0.25, -0.2) is 0 Å². The summed E-state index contributed by atoms with van der Waals surface area (Å²) in [6.45, 7) is 4.17. The van der Waals surface area contributed by atoms with E-state index in [1.807, 2.05) is 6.07 Å². The molecule has 2 heteroatoms. The highest BCUT2D eigenvalue weighted by Crippen LogP contribution is 2.21. The third-order valence-corrected chi connectivity index (χ3v) is 2.82. The van der Waals surface area contributed by atoms with Gasteiger partial charge in [-0.05, 0) is 38.8 Å². The van der Waals surface area contributed by atoms with Gasteiger partial charge in [-0.15, -0.1) is 0 Å². The lowest BCUT2D eigenvalue weighted by Crippen LogP contribution is -2.02. The molecule has 0 amide bonds. The van der Waals surface area contributed by atoms with Crippen LogP contribution in [0.25, 0.3) is 6.08 Å². The fraction of sp³-hybridized carbons (Fsp3) is 0.467. The van der Waals surface area contributed by atoms with Gasteiger partial charge in [0.25, 0.3) is 0 Å². The van der Waals surface area contributed by atoms with E-state index in [-0.39, 0.29) is 0 Å². The Balaban J connectivity index is 2.60. The van der Waals surface area contributed by atoms with Crippen molar-refractivity contribution in [3.05, 3.63) is 35.4 Å². The lowest BCUT2D eigenvalue weighted by molar-refractivity contribution is 0.112. The zero-order valence-corrected chi connectivity index (χ0v) is 11.2. The summed E-state index contributed by atoms with van der Waals surface area (Å²) in [5.41, 5.74) is 2.38. The summed E-state index contributed by atoms with van der Waals surface area (Å²) in [4.78, 5) is 0. The molecule has 2 nitrogen and oxygen atoms in total. The number of hydrogen-bond donors (Lipinski definition) is 0. The topological polar surface area (TPSA) is 18.5 Å². The molecule has 0 aliphatic rings. The first kappa shape index (κ1) is 13.8. The van der Waals surface area contributed by atoms with Crippen LogP contribution < -0.4 is 4.74 Å². The largest absolute Gasteiger partial charge is 0.496 e. The Morgan fingerprint density at radius 2 is 2.06 bits per heavy atom. The molecule has 1 unspecified atom stereocenters. The van der Waals surface area contributed by atoms with Crippen LogP contribution >= 0.6 is 0 Å². The van der Waals surface area contributed by atoms with Crippen LogP contribution in [-0.2, 0) is 4.74 Å². The van der Waals surface area contributed by atoms with Crippen molar-refractivity contribution in [2.24, 2.45) is 0 Å². The molecule has 0 aliphatic heterocycles. The van der Waals surface area contributed by atoms with Gasteiger partial charge < -0.3 is 9.47 Å². The maximum atomic E-state index is 5.32. The summed E-state index contributed by atoms with van der Waals surface area (Å²) in [5.74, 6) is 0.923. The molecule has 0 N–H and O–H groups in total. The standard InChI is InChI=1S/C15H22O2/c1-12-9-10-15(17-4)14(11-12)8-6-5-7-13(2)16-3/h6,8-11,13H,5,7H2,1-4H3/b8-6+. The first-order valence-corrected chi connectivity index (χ1v) is 6.01. The first-order chi connectivity index (χ1) is 8.17. The second kappa shape index (κ2) is 7.13. The molecule has 1 rings (SSSR count). The summed E-state index contributed by atoms with van der Waals surface area (Å²) >= 11 is 0. The zero-order valence-electron chi connectivity index (χ0n) is 11.2. The fourth-order valence-electron chi connectivity index (χ4n) is 1.64. The Morgan fingerprint density at radius 3 is 2.71 bits per heavy atom. The van der Waals surface area contributed by atoms with Gasteiger partial charge in [-0.3, -0.25) is 0 Å². The number of methoxy groups -OCH3 is 2. The summed E-state index contributed by atoms with van der Waals surface area (Å²) in [6, 6.07) is 6.20. The average molecular weight is 234 g/mol. The van der Waals surface area contributed by atoms with Crippen LogP contribution in [0, 0.1) is 6.92 Å². The van der Waals surface area contributed by atoms with E-state index in [2.05, 4.69) is 38.1 Å². The summed E-state index contributed by atoms with van der Waals surface area (Å²) in [6.07, 6.45) is 6.67. The molecule has 0 heterocycles. The number of allylic oxidation sites excluding steroid dienone is 1. The maximum absolute atomic E-state index is 5.32.